The molecule has 1 aliphatic heterocycles. The van der Waals surface area contributed by atoms with Gasteiger partial charge in [-0.1, -0.05) is 35.9 Å². The molecule has 1 saturated heterocycles. The highest BCUT2D eigenvalue weighted by molar-refractivity contribution is 6.31. The number of hydrogen-bond acceptors (Lipinski definition) is 5. The predicted molar refractivity (Wildman–Crippen MR) is 126 cm³/mol. The first-order valence-electron chi connectivity index (χ1n) is 11.1. The molecule has 0 atom stereocenters. The molecule has 0 unspecified atom stereocenters. The van der Waals surface area contributed by atoms with Gasteiger partial charge in [0.05, 0.1) is 12.2 Å². The number of carbonyl (C=O) groups is 3. The van der Waals surface area contributed by atoms with Gasteiger partial charge in [-0.3, -0.25) is 14.4 Å². The number of hydrogen-bond donors (Lipinski definition) is 1. The van der Waals surface area contributed by atoms with E-state index in [-0.39, 0.29) is 24.7 Å². The van der Waals surface area contributed by atoms with Crippen molar-refractivity contribution in [2.45, 2.75) is 39.0 Å². The topological polar surface area (TPSA) is 75.7 Å². The predicted octanol–water partition coefficient (Wildman–Crippen LogP) is 4.44. The fraction of sp³-hybridized carbons (Fsp3) is 0.400. The molecular formula is C25H29ClN2O4. The second-order valence-electron chi connectivity index (χ2n) is 7.82. The minimum absolute atomic E-state index is 0.144. The van der Waals surface area contributed by atoms with Gasteiger partial charge in [-0.2, -0.15) is 0 Å². The van der Waals surface area contributed by atoms with Crippen molar-refractivity contribution in [2.24, 2.45) is 0 Å². The van der Waals surface area contributed by atoms with Crippen molar-refractivity contribution in [1.29, 1.82) is 0 Å². The Balaban J connectivity index is 1.55. The molecule has 170 valence electrons. The number of ketones is 1. The van der Waals surface area contributed by atoms with Gasteiger partial charge in [0.2, 0.25) is 0 Å². The normalized spacial score (nSPS) is 13.5. The molecule has 1 heterocycles. The summed E-state index contributed by atoms with van der Waals surface area (Å²) in [6.45, 7) is 4.31. The number of halogens is 1. The largest absolute Gasteiger partial charge is 0.466 e. The van der Waals surface area contributed by atoms with Gasteiger partial charge in [-0.15, -0.1) is 0 Å². The second-order valence-corrected chi connectivity index (χ2v) is 8.25. The van der Waals surface area contributed by atoms with Crippen molar-refractivity contribution >= 4 is 34.9 Å². The van der Waals surface area contributed by atoms with Crippen LogP contribution in [0.25, 0.3) is 0 Å². The van der Waals surface area contributed by atoms with Crippen LogP contribution in [0.1, 0.15) is 58.9 Å². The van der Waals surface area contributed by atoms with Crippen LogP contribution in [-0.4, -0.2) is 43.9 Å². The highest BCUT2D eigenvalue weighted by atomic mass is 35.5. The summed E-state index contributed by atoms with van der Waals surface area (Å²) in [5.41, 5.74) is 2.98. The molecule has 7 heteroatoms. The van der Waals surface area contributed by atoms with Crippen molar-refractivity contribution in [3.63, 3.8) is 0 Å². The van der Waals surface area contributed by atoms with Crippen LogP contribution in [0.3, 0.4) is 0 Å². The van der Waals surface area contributed by atoms with Gasteiger partial charge in [0, 0.05) is 35.9 Å². The van der Waals surface area contributed by atoms with E-state index in [1.165, 1.54) is 6.42 Å². The van der Waals surface area contributed by atoms with Crippen LogP contribution < -0.4 is 10.2 Å². The number of amides is 1. The van der Waals surface area contributed by atoms with E-state index in [0.717, 1.165) is 37.2 Å². The summed E-state index contributed by atoms with van der Waals surface area (Å²) in [5, 5.41) is 3.52. The Bertz CT molecular complexity index is 953. The number of nitrogens with zero attached hydrogens (tertiary/aromatic N) is 1. The molecule has 1 N–H and O–H groups in total. The average Bonchev–Trinajstić information content (AvgIpc) is 2.80. The molecule has 3 rings (SSSR count). The molecular weight excluding hydrogens is 428 g/mol. The van der Waals surface area contributed by atoms with Crippen molar-refractivity contribution in [3.05, 3.63) is 64.2 Å². The number of Topliss-reactive ketones (excluding diaryl/α,β-unsaturated/α-hetero) is 1. The summed E-state index contributed by atoms with van der Waals surface area (Å²) in [5.74, 6) is -0.932. The van der Waals surface area contributed by atoms with Crippen molar-refractivity contribution in [2.75, 3.05) is 31.1 Å². The van der Waals surface area contributed by atoms with Crippen LogP contribution in [0.2, 0.25) is 5.02 Å². The van der Waals surface area contributed by atoms with Gasteiger partial charge >= 0.3 is 5.97 Å². The molecule has 2 aromatic rings. The molecule has 32 heavy (non-hydrogen) atoms. The Hall–Kier alpha value is -2.86. The van der Waals surface area contributed by atoms with E-state index in [1.807, 2.05) is 24.3 Å². The minimum atomic E-state index is -0.519. The molecule has 2 aromatic carbocycles. The maximum absolute atomic E-state index is 12.9. The van der Waals surface area contributed by atoms with Gasteiger partial charge in [0.15, 0.2) is 5.78 Å². The van der Waals surface area contributed by atoms with Crippen LogP contribution >= 0.6 is 11.6 Å². The standard InChI is InChI=1S/C25H29ClN2O4/c1-2-32-24(30)17-23(29)19-8-6-18(7-9-19)12-13-27-25(31)21-16-20(26)10-11-22(21)28-14-4-3-5-15-28/h6-11,16H,2-5,12-15,17H2,1H3,(H,27,31). The lowest BCUT2D eigenvalue weighted by Gasteiger charge is -2.30. The first-order chi connectivity index (χ1) is 15.5. The number of rotatable bonds is 9. The van der Waals surface area contributed by atoms with E-state index in [4.69, 9.17) is 16.3 Å². The lowest BCUT2D eigenvalue weighted by atomic mass is 10.0. The van der Waals surface area contributed by atoms with Crippen LogP contribution in [0.15, 0.2) is 42.5 Å². The Morgan fingerprint density at radius 1 is 1.03 bits per heavy atom. The molecule has 1 aliphatic rings. The molecule has 1 fully saturated rings. The smallest absolute Gasteiger partial charge is 0.313 e. The minimum Gasteiger partial charge on any atom is -0.466 e. The number of piperidine rings is 1. The van der Waals surface area contributed by atoms with Crippen molar-refractivity contribution < 1.29 is 19.1 Å². The van der Waals surface area contributed by atoms with E-state index in [2.05, 4.69) is 10.2 Å². The van der Waals surface area contributed by atoms with Crippen LogP contribution in [0.5, 0.6) is 0 Å². The summed E-state index contributed by atoms with van der Waals surface area (Å²) < 4.78 is 4.81. The van der Waals surface area contributed by atoms with Crippen molar-refractivity contribution in [1.82, 2.24) is 5.32 Å². The molecule has 0 saturated carbocycles. The third-order valence-corrected chi connectivity index (χ3v) is 5.72. The number of ether oxygens (including phenoxy) is 1. The SMILES string of the molecule is CCOC(=O)CC(=O)c1ccc(CCNC(=O)c2cc(Cl)ccc2N2CCCCC2)cc1. The molecule has 1 amide bonds. The summed E-state index contributed by atoms with van der Waals surface area (Å²) in [6.07, 6.45) is 3.84. The van der Waals surface area contributed by atoms with Crippen LogP contribution in [-0.2, 0) is 16.0 Å². The molecule has 0 bridgehead atoms. The van der Waals surface area contributed by atoms with Gasteiger partial charge in [-0.25, -0.2) is 0 Å². The zero-order valence-electron chi connectivity index (χ0n) is 18.4. The van der Waals surface area contributed by atoms with E-state index < -0.39 is 5.97 Å². The zero-order valence-corrected chi connectivity index (χ0v) is 19.1. The lowest BCUT2D eigenvalue weighted by Crippen LogP contribution is -2.33. The average molecular weight is 457 g/mol. The first-order valence-corrected chi connectivity index (χ1v) is 11.5. The van der Waals surface area contributed by atoms with Crippen LogP contribution in [0.4, 0.5) is 5.69 Å². The Morgan fingerprint density at radius 3 is 2.44 bits per heavy atom. The van der Waals surface area contributed by atoms with Crippen LogP contribution in [0, 0.1) is 0 Å². The molecule has 0 radical (unpaired) electrons. The first kappa shape index (κ1) is 23.8. The number of carbonyl (C=O) groups excluding carboxylic acids is 3. The van der Waals surface area contributed by atoms with Gasteiger partial charge < -0.3 is 15.0 Å². The lowest BCUT2D eigenvalue weighted by molar-refractivity contribution is -0.141. The summed E-state index contributed by atoms with van der Waals surface area (Å²) in [6, 6.07) is 12.5. The third-order valence-electron chi connectivity index (χ3n) is 5.49. The molecule has 6 nitrogen and oxygen atoms in total. The van der Waals surface area contributed by atoms with E-state index in [9.17, 15) is 14.4 Å². The van der Waals surface area contributed by atoms with Crippen molar-refractivity contribution in [3.8, 4) is 0 Å². The Morgan fingerprint density at radius 2 is 1.75 bits per heavy atom. The quantitative estimate of drug-likeness (QED) is 0.343. The number of nitrogens with one attached hydrogen (secondary N) is 1. The Kier molecular flexibility index (Phi) is 8.68. The maximum Gasteiger partial charge on any atom is 0.313 e. The van der Waals surface area contributed by atoms with Gasteiger partial charge in [-0.05, 0) is 56.4 Å². The van der Waals surface area contributed by atoms with Gasteiger partial charge in [0.1, 0.15) is 6.42 Å². The summed E-state index contributed by atoms with van der Waals surface area (Å²) in [4.78, 5) is 38.7. The molecule has 0 aliphatic carbocycles. The second kappa shape index (κ2) is 11.7. The highest BCUT2D eigenvalue weighted by Gasteiger charge is 2.19. The number of esters is 1. The summed E-state index contributed by atoms with van der Waals surface area (Å²) >= 11 is 6.16. The van der Waals surface area contributed by atoms with E-state index in [1.54, 1.807) is 25.1 Å². The van der Waals surface area contributed by atoms with Gasteiger partial charge in [0.25, 0.3) is 5.91 Å². The molecule has 0 aromatic heterocycles. The summed E-state index contributed by atoms with van der Waals surface area (Å²) in [7, 11) is 0. The third kappa shape index (κ3) is 6.57. The Labute approximate surface area is 193 Å². The fourth-order valence-electron chi connectivity index (χ4n) is 3.82. The maximum atomic E-state index is 12.9. The monoisotopic (exact) mass is 456 g/mol. The fourth-order valence-corrected chi connectivity index (χ4v) is 3.99. The zero-order chi connectivity index (χ0) is 22.9. The number of anilines is 1. The van der Waals surface area contributed by atoms with E-state index in [0.29, 0.717) is 29.1 Å². The highest BCUT2D eigenvalue weighted by Crippen LogP contribution is 2.27. The number of benzene rings is 2. The molecule has 0 spiro atoms. The van der Waals surface area contributed by atoms with E-state index >= 15 is 0 Å².